The molecule has 0 fully saturated rings. The Morgan fingerprint density at radius 3 is 2.80 bits per heavy atom. The molecule has 0 N–H and O–H groups in total. The maximum Gasteiger partial charge on any atom is 0.114 e. The van der Waals surface area contributed by atoms with Gasteiger partial charge in [-0.15, -0.1) is 6.58 Å². The van der Waals surface area contributed by atoms with Crippen LogP contribution < -0.4 is 0 Å². The van der Waals surface area contributed by atoms with Gasteiger partial charge in [0, 0.05) is 12.6 Å². The van der Waals surface area contributed by atoms with Crippen LogP contribution in [-0.2, 0) is 6.42 Å². The number of para-hydroxylation sites is 2. The Hall–Kier alpha value is -1.83. The summed E-state index contributed by atoms with van der Waals surface area (Å²) in [5, 5.41) is 0. The standard InChI is InChI=1S/C13H14N2/c1-3-5-10-13-14-11-8-6-7-9-12(11)15(13)4-2/h3-4,6-9H,1-2,5,10H2. The largest absolute Gasteiger partial charge is 0.304 e. The molecule has 2 rings (SSSR count). The predicted octanol–water partition coefficient (Wildman–Crippen LogP) is 3.26. The number of hydrogen-bond donors (Lipinski definition) is 0. The number of aryl methyl sites for hydroxylation is 1. The van der Waals surface area contributed by atoms with E-state index in [1.807, 2.05) is 35.0 Å². The van der Waals surface area contributed by atoms with Gasteiger partial charge >= 0.3 is 0 Å². The highest BCUT2D eigenvalue weighted by Crippen LogP contribution is 2.17. The molecule has 0 unspecified atom stereocenters. The van der Waals surface area contributed by atoms with Crippen LogP contribution in [0.4, 0.5) is 0 Å². The molecular formula is C13H14N2. The van der Waals surface area contributed by atoms with Crippen molar-refractivity contribution >= 4 is 17.2 Å². The minimum atomic E-state index is 0.907. The third-order valence-corrected chi connectivity index (χ3v) is 2.42. The second-order valence-electron chi connectivity index (χ2n) is 3.40. The fraction of sp³-hybridized carbons (Fsp3) is 0.154. The van der Waals surface area contributed by atoms with E-state index in [0.717, 1.165) is 29.7 Å². The highest BCUT2D eigenvalue weighted by molar-refractivity contribution is 5.78. The number of imidazole rings is 1. The van der Waals surface area contributed by atoms with Crippen molar-refractivity contribution in [2.75, 3.05) is 0 Å². The summed E-state index contributed by atoms with van der Waals surface area (Å²) in [6.07, 6.45) is 5.57. The van der Waals surface area contributed by atoms with Crippen molar-refractivity contribution in [3.63, 3.8) is 0 Å². The third kappa shape index (κ3) is 1.71. The van der Waals surface area contributed by atoms with Crippen molar-refractivity contribution in [3.05, 3.63) is 49.3 Å². The Bertz CT molecular complexity index is 494. The van der Waals surface area contributed by atoms with Gasteiger partial charge in [0.1, 0.15) is 5.82 Å². The summed E-state index contributed by atoms with van der Waals surface area (Å²) in [5.74, 6) is 1.05. The first-order valence-electron chi connectivity index (χ1n) is 5.06. The lowest BCUT2D eigenvalue weighted by molar-refractivity contribution is 0.878. The quantitative estimate of drug-likeness (QED) is 0.689. The zero-order valence-electron chi connectivity index (χ0n) is 8.69. The molecule has 1 aromatic carbocycles. The molecule has 1 aromatic heterocycles. The van der Waals surface area contributed by atoms with Gasteiger partial charge in [0.2, 0.25) is 0 Å². The monoisotopic (exact) mass is 198 g/mol. The van der Waals surface area contributed by atoms with E-state index in [2.05, 4.69) is 24.2 Å². The second-order valence-corrected chi connectivity index (χ2v) is 3.40. The van der Waals surface area contributed by atoms with Crippen LogP contribution in [0.1, 0.15) is 12.2 Å². The maximum atomic E-state index is 4.56. The van der Waals surface area contributed by atoms with Crippen LogP contribution in [0.15, 0.2) is 43.5 Å². The fourth-order valence-electron chi connectivity index (χ4n) is 1.71. The number of fused-ring (bicyclic) bond motifs is 1. The van der Waals surface area contributed by atoms with E-state index in [1.165, 1.54) is 0 Å². The van der Waals surface area contributed by atoms with E-state index in [-0.39, 0.29) is 0 Å². The lowest BCUT2D eigenvalue weighted by atomic mass is 10.3. The van der Waals surface area contributed by atoms with Crippen molar-refractivity contribution in [2.45, 2.75) is 12.8 Å². The summed E-state index contributed by atoms with van der Waals surface area (Å²) in [5.41, 5.74) is 2.14. The summed E-state index contributed by atoms with van der Waals surface area (Å²) >= 11 is 0. The molecule has 0 aliphatic rings. The fourth-order valence-corrected chi connectivity index (χ4v) is 1.71. The smallest absolute Gasteiger partial charge is 0.114 e. The Labute approximate surface area is 89.6 Å². The highest BCUT2D eigenvalue weighted by atomic mass is 15.1. The number of rotatable bonds is 4. The highest BCUT2D eigenvalue weighted by Gasteiger charge is 2.06. The van der Waals surface area contributed by atoms with E-state index in [0.29, 0.717) is 0 Å². The van der Waals surface area contributed by atoms with Gasteiger partial charge in [-0.05, 0) is 18.6 Å². The molecule has 0 atom stereocenters. The van der Waals surface area contributed by atoms with Crippen LogP contribution in [-0.4, -0.2) is 9.55 Å². The lowest BCUT2D eigenvalue weighted by Gasteiger charge is -2.00. The molecule has 0 amide bonds. The van der Waals surface area contributed by atoms with Crippen LogP contribution in [0.3, 0.4) is 0 Å². The van der Waals surface area contributed by atoms with Crippen molar-refractivity contribution in [1.29, 1.82) is 0 Å². The van der Waals surface area contributed by atoms with Crippen molar-refractivity contribution in [2.24, 2.45) is 0 Å². The maximum absolute atomic E-state index is 4.56. The molecule has 15 heavy (non-hydrogen) atoms. The average Bonchev–Trinajstić information content (AvgIpc) is 2.63. The molecule has 2 heteroatoms. The third-order valence-electron chi connectivity index (χ3n) is 2.42. The number of benzene rings is 1. The minimum Gasteiger partial charge on any atom is -0.304 e. The van der Waals surface area contributed by atoms with Crippen LogP contribution in [0.25, 0.3) is 17.2 Å². The van der Waals surface area contributed by atoms with Crippen molar-refractivity contribution in [3.8, 4) is 0 Å². The molecule has 76 valence electrons. The van der Waals surface area contributed by atoms with Gasteiger partial charge < -0.3 is 4.57 Å². The minimum absolute atomic E-state index is 0.907. The molecule has 0 spiro atoms. The van der Waals surface area contributed by atoms with Gasteiger partial charge in [-0.25, -0.2) is 4.98 Å². The van der Waals surface area contributed by atoms with E-state index in [9.17, 15) is 0 Å². The summed E-state index contributed by atoms with van der Waals surface area (Å²) in [4.78, 5) is 4.56. The Morgan fingerprint density at radius 2 is 2.07 bits per heavy atom. The summed E-state index contributed by atoms with van der Waals surface area (Å²) in [7, 11) is 0. The molecular weight excluding hydrogens is 184 g/mol. The van der Waals surface area contributed by atoms with Crippen molar-refractivity contribution in [1.82, 2.24) is 9.55 Å². The number of allylic oxidation sites excluding steroid dienone is 1. The topological polar surface area (TPSA) is 17.8 Å². The van der Waals surface area contributed by atoms with Gasteiger partial charge in [-0.1, -0.05) is 24.8 Å². The van der Waals surface area contributed by atoms with E-state index >= 15 is 0 Å². The first-order valence-corrected chi connectivity index (χ1v) is 5.06. The summed E-state index contributed by atoms with van der Waals surface area (Å²) in [6, 6.07) is 8.09. The molecule has 0 saturated carbocycles. The first kappa shape index (κ1) is 9.71. The summed E-state index contributed by atoms with van der Waals surface area (Å²) in [6.45, 7) is 7.54. The van der Waals surface area contributed by atoms with Gasteiger partial charge in [0.15, 0.2) is 0 Å². The van der Waals surface area contributed by atoms with Crippen LogP contribution >= 0.6 is 0 Å². The second kappa shape index (κ2) is 4.13. The first-order chi connectivity index (χ1) is 7.36. The number of aromatic nitrogens is 2. The van der Waals surface area contributed by atoms with Crippen LogP contribution in [0.5, 0.6) is 0 Å². The van der Waals surface area contributed by atoms with Gasteiger partial charge in [-0.3, -0.25) is 0 Å². The SMILES string of the molecule is C=CCCc1nc2ccccc2n1C=C. The Morgan fingerprint density at radius 1 is 1.27 bits per heavy atom. The normalized spacial score (nSPS) is 10.4. The molecule has 1 heterocycles. The van der Waals surface area contributed by atoms with Gasteiger partial charge in [0.05, 0.1) is 11.0 Å². The van der Waals surface area contributed by atoms with Gasteiger partial charge in [-0.2, -0.15) is 0 Å². The summed E-state index contributed by atoms with van der Waals surface area (Å²) < 4.78 is 2.04. The number of hydrogen-bond acceptors (Lipinski definition) is 1. The number of nitrogens with zero attached hydrogens (tertiary/aromatic N) is 2. The zero-order valence-corrected chi connectivity index (χ0v) is 8.69. The zero-order chi connectivity index (χ0) is 10.7. The van der Waals surface area contributed by atoms with Crippen LogP contribution in [0.2, 0.25) is 0 Å². The molecule has 0 bridgehead atoms. The predicted molar refractivity (Wildman–Crippen MR) is 64.6 cm³/mol. The Kier molecular flexibility index (Phi) is 2.68. The van der Waals surface area contributed by atoms with E-state index in [1.54, 1.807) is 0 Å². The molecule has 0 radical (unpaired) electrons. The van der Waals surface area contributed by atoms with Gasteiger partial charge in [0.25, 0.3) is 0 Å². The van der Waals surface area contributed by atoms with E-state index < -0.39 is 0 Å². The van der Waals surface area contributed by atoms with Crippen LogP contribution in [0, 0.1) is 0 Å². The molecule has 0 aliphatic heterocycles. The average molecular weight is 198 g/mol. The Balaban J connectivity index is 2.53. The molecule has 2 nitrogen and oxygen atoms in total. The molecule has 2 aromatic rings. The molecule has 0 aliphatic carbocycles. The lowest BCUT2D eigenvalue weighted by Crippen LogP contribution is -1.95. The van der Waals surface area contributed by atoms with Crippen molar-refractivity contribution < 1.29 is 0 Å². The molecule has 0 saturated heterocycles. The van der Waals surface area contributed by atoms with E-state index in [4.69, 9.17) is 0 Å².